The minimum absolute atomic E-state index is 0.0338. The van der Waals surface area contributed by atoms with Gasteiger partial charge in [0.25, 0.3) is 0 Å². The number of unbranched alkanes of at least 4 members (excludes halogenated alkanes) is 4. The molecule has 2 unspecified atom stereocenters. The summed E-state index contributed by atoms with van der Waals surface area (Å²) >= 11 is 0. The van der Waals surface area contributed by atoms with Crippen LogP contribution in [0.1, 0.15) is 182 Å². The Balaban J connectivity index is 3.01. The van der Waals surface area contributed by atoms with Crippen LogP contribution in [-0.4, -0.2) is 49.7 Å². The Bertz CT molecular complexity index is 884. The van der Waals surface area contributed by atoms with Gasteiger partial charge in [0.15, 0.2) is 0 Å². The highest BCUT2D eigenvalue weighted by atomic mass is 16.5. The molecule has 0 N–H and O–H groups in total. The van der Waals surface area contributed by atoms with Crippen LogP contribution in [0.25, 0.3) is 0 Å². The average molecular weight is 670 g/mol. The highest BCUT2D eigenvalue weighted by molar-refractivity contribution is 5.71. The van der Waals surface area contributed by atoms with Crippen molar-refractivity contribution in [1.29, 1.82) is 0 Å². The maximum atomic E-state index is 13.2. The third-order valence-electron chi connectivity index (χ3n) is 10.3. The van der Waals surface area contributed by atoms with Crippen LogP contribution < -0.4 is 0 Å². The van der Waals surface area contributed by atoms with Crippen LogP contribution >= 0.6 is 0 Å². The summed E-state index contributed by atoms with van der Waals surface area (Å²) in [4.78, 5) is 29.0. The molecule has 48 heavy (non-hydrogen) atoms. The Kier molecular flexibility index (Phi) is 28.4. The predicted octanol–water partition coefficient (Wildman–Crippen LogP) is 11.7. The minimum Gasteiger partial charge on any atom is -0.466 e. The number of esters is 2. The minimum atomic E-state index is -0.144. The zero-order valence-electron chi connectivity index (χ0n) is 32.0. The van der Waals surface area contributed by atoms with Gasteiger partial charge in [-0.1, -0.05) is 142 Å². The van der Waals surface area contributed by atoms with Crippen molar-refractivity contribution in [3.05, 3.63) is 29.3 Å². The van der Waals surface area contributed by atoms with Crippen LogP contribution in [0.3, 0.4) is 0 Å². The third kappa shape index (κ3) is 22.6. The van der Waals surface area contributed by atoms with E-state index in [1.165, 1.54) is 70.8 Å². The quantitative estimate of drug-likeness (QED) is 0.118. The molecule has 0 bridgehead atoms. The van der Waals surface area contributed by atoms with Crippen molar-refractivity contribution in [3.8, 4) is 0 Å². The summed E-state index contributed by atoms with van der Waals surface area (Å²) in [5.74, 6) is 0.447. The first-order valence-corrected chi connectivity index (χ1v) is 20.4. The lowest BCUT2D eigenvalue weighted by molar-refractivity contribution is -0.145. The molecule has 0 aliphatic carbocycles. The van der Waals surface area contributed by atoms with Crippen LogP contribution in [0.4, 0.5) is 0 Å². The molecule has 1 rings (SSSR count). The second-order valence-electron chi connectivity index (χ2n) is 14.3. The van der Waals surface area contributed by atoms with Crippen molar-refractivity contribution in [1.82, 2.24) is 4.90 Å². The summed E-state index contributed by atoms with van der Waals surface area (Å²) in [5.41, 5.74) is 10.0. The molecule has 1 heterocycles. The van der Waals surface area contributed by atoms with E-state index < -0.39 is 0 Å². The fraction of sp³-hybridized carbons (Fsp3) is 0.837. The number of hydrogen-bond donors (Lipinski definition) is 0. The summed E-state index contributed by atoms with van der Waals surface area (Å²) in [6.07, 6.45) is 25.8. The fourth-order valence-corrected chi connectivity index (χ4v) is 7.22. The van der Waals surface area contributed by atoms with Gasteiger partial charge in [0.2, 0.25) is 0 Å². The van der Waals surface area contributed by atoms with E-state index >= 15 is 0 Å². The molecule has 1 aliphatic heterocycles. The molecule has 0 spiro atoms. The van der Waals surface area contributed by atoms with Gasteiger partial charge in [0.1, 0.15) is 0 Å². The molecule has 0 radical (unpaired) electrons. The van der Waals surface area contributed by atoms with Crippen LogP contribution in [0, 0.1) is 17.8 Å². The molecule has 0 aromatic rings. The lowest BCUT2D eigenvalue weighted by atomic mass is 9.79. The van der Waals surface area contributed by atoms with E-state index in [4.69, 9.17) is 9.47 Å². The molecule has 1 aliphatic rings. The molecular weight excluding hydrogens is 594 g/mol. The Labute approximate surface area is 297 Å². The van der Waals surface area contributed by atoms with Gasteiger partial charge in [-0.25, -0.2) is 0 Å². The van der Waals surface area contributed by atoms with E-state index in [1.54, 1.807) is 0 Å². The van der Waals surface area contributed by atoms with Gasteiger partial charge in [-0.05, 0) is 87.3 Å². The summed E-state index contributed by atoms with van der Waals surface area (Å²) in [6, 6.07) is 0. The van der Waals surface area contributed by atoms with Crippen molar-refractivity contribution in [2.45, 2.75) is 182 Å². The van der Waals surface area contributed by atoms with Crippen molar-refractivity contribution < 1.29 is 19.1 Å². The lowest BCUT2D eigenvalue weighted by Crippen LogP contribution is -2.29. The lowest BCUT2D eigenvalue weighted by Gasteiger charge is -2.25. The average Bonchev–Trinajstić information content (AvgIpc) is 3.08. The maximum Gasteiger partial charge on any atom is 0.306 e. The largest absolute Gasteiger partial charge is 0.466 e. The highest BCUT2D eigenvalue weighted by Crippen LogP contribution is 2.33. The monoisotopic (exact) mass is 670 g/mol. The number of nitrogens with zero attached hydrogens (tertiary/aromatic N) is 1. The normalized spacial score (nSPS) is 22.6. The number of carbonyl (C=O) groups excluding carboxylic acids is 2. The van der Waals surface area contributed by atoms with Gasteiger partial charge in [-0.3, -0.25) is 9.59 Å². The number of cyclic esters (lactones) is 2. The molecule has 276 valence electrons. The van der Waals surface area contributed by atoms with E-state index in [2.05, 4.69) is 56.4 Å². The molecule has 0 saturated carbocycles. The molecule has 5 nitrogen and oxygen atoms in total. The SMILES string of the molecule is C=C=C=C=C1C(CCCCC)CC(=O)OCCCCCCCCC(CN(CC)CC)CCCCCCCCOC(=O)CC1CCCCC. The van der Waals surface area contributed by atoms with E-state index in [-0.39, 0.29) is 23.8 Å². The first kappa shape index (κ1) is 44.0. The molecule has 1 fully saturated rings. The number of allylic oxidation sites excluding steroid dienone is 1. The number of rotatable bonds is 12. The molecular formula is C43H75NO4. The van der Waals surface area contributed by atoms with Gasteiger partial charge < -0.3 is 14.4 Å². The second kappa shape index (κ2) is 31.0. The third-order valence-corrected chi connectivity index (χ3v) is 10.3. The smallest absolute Gasteiger partial charge is 0.306 e. The maximum absolute atomic E-state index is 13.2. The Hall–Kier alpha value is -2.02. The van der Waals surface area contributed by atoms with Crippen molar-refractivity contribution in [2.24, 2.45) is 17.8 Å². The summed E-state index contributed by atoms with van der Waals surface area (Å²) in [5, 5.41) is 0. The molecule has 0 aromatic carbocycles. The van der Waals surface area contributed by atoms with Crippen molar-refractivity contribution in [2.75, 3.05) is 32.8 Å². The van der Waals surface area contributed by atoms with Crippen molar-refractivity contribution in [3.63, 3.8) is 0 Å². The molecule has 0 aromatic heterocycles. The second-order valence-corrected chi connectivity index (χ2v) is 14.3. The van der Waals surface area contributed by atoms with Gasteiger partial charge in [0, 0.05) is 6.54 Å². The zero-order chi connectivity index (χ0) is 35.1. The highest BCUT2D eigenvalue weighted by Gasteiger charge is 2.28. The van der Waals surface area contributed by atoms with Crippen LogP contribution in [0.2, 0.25) is 0 Å². The van der Waals surface area contributed by atoms with Gasteiger partial charge in [-0.2, -0.15) is 0 Å². The molecule has 2 atom stereocenters. The van der Waals surface area contributed by atoms with Crippen molar-refractivity contribution >= 4 is 11.9 Å². The first-order chi connectivity index (χ1) is 23.5. The zero-order valence-corrected chi connectivity index (χ0v) is 32.0. The predicted molar refractivity (Wildman–Crippen MR) is 202 cm³/mol. The van der Waals surface area contributed by atoms with E-state index in [0.29, 0.717) is 26.1 Å². The van der Waals surface area contributed by atoms with E-state index in [1.807, 2.05) is 0 Å². The Morgan fingerprint density at radius 2 is 1.08 bits per heavy atom. The molecule has 1 saturated heterocycles. The number of ether oxygens (including phenoxy) is 2. The van der Waals surface area contributed by atoms with Crippen LogP contribution in [0.5, 0.6) is 0 Å². The number of carbonyl (C=O) groups is 2. The first-order valence-electron chi connectivity index (χ1n) is 20.4. The fourth-order valence-electron chi connectivity index (χ4n) is 7.22. The van der Waals surface area contributed by atoms with Crippen LogP contribution in [0.15, 0.2) is 29.3 Å². The van der Waals surface area contributed by atoms with Gasteiger partial charge in [-0.15, -0.1) is 0 Å². The van der Waals surface area contributed by atoms with Gasteiger partial charge >= 0.3 is 11.9 Å². The van der Waals surface area contributed by atoms with E-state index in [9.17, 15) is 9.59 Å². The Morgan fingerprint density at radius 3 is 1.50 bits per heavy atom. The number of hydrogen-bond acceptors (Lipinski definition) is 5. The molecule has 0 amide bonds. The summed E-state index contributed by atoms with van der Waals surface area (Å²) in [6.45, 7) is 17.2. The standard InChI is InChI=1S/C43H75NO4/c1-6-11-22-30-39-35-42(45)47-33-26-20-16-14-18-24-28-38(37-44(9-4)10-5)29-25-19-15-17-21-27-34-48-43(46)36-40(31-23-12-7-2)41(39)32-13-8-3/h38-40H,3,6-7,9-12,14-31,33-37H2,1-2,4-5H3. The van der Waals surface area contributed by atoms with E-state index in [0.717, 1.165) is 102 Å². The molecule has 5 heteroatoms. The summed E-state index contributed by atoms with van der Waals surface area (Å²) < 4.78 is 11.6. The topological polar surface area (TPSA) is 55.8 Å². The Morgan fingerprint density at radius 1 is 0.646 bits per heavy atom. The summed E-state index contributed by atoms with van der Waals surface area (Å²) in [7, 11) is 0. The van der Waals surface area contributed by atoms with Crippen LogP contribution in [-0.2, 0) is 19.1 Å². The van der Waals surface area contributed by atoms with Gasteiger partial charge in [0.05, 0.1) is 26.1 Å².